The molecule has 0 atom stereocenters. The molecule has 1 aromatic rings. The molecule has 4 heteroatoms. The molecule has 1 saturated heterocycles. The lowest BCUT2D eigenvalue weighted by atomic mass is 9.88. The molecule has 0 spiro atoms. The standard InChI is InChI=1S/C16H25N3O/c1-16(2,17)15(20)19-10-8-13(9-11-19)12-4-6-14(18-3)7-5-12/h4-7,13,18H,8-11,17H2,1-3H3. The highest BCUT2D eigenvalue weighted by atomic mass is 16.2. The second kappa shape index (κ2) is 5.83. The summed E-state index contributed by atoms with van der Waals surface area (Å²) in [6, 6.07) is 8.58. The van der Waals surface area contributed by atoms with E-state index in [1.54, 1.807) is 13.8 Å². The summed E-state index contributed by atoms with van der Waals surface area (Å²) in [7, 11) is 1.92. The van der Waals surface area contributed by atoms with Gasteiger partial charge in [-0.1, -0.05) is 12.1 Å². The van der Waals surface area contributed by atoms with Gasteiger partial charge in [0.25, 0.3) is 0 Å². The summed E-state index contributed by atoms with van der Waals surface area (Å²) in [5.41, 5.74) is 7.62. The Labute approximate surface area is 121 Å². The molecule has 0 radical (unpaired) electrons. The van der Waals surface area contributed by atoms with E-state index in [1.165, 1.54) is 5.56 Å². The molecule has 1 aromatic carbocycles. The lowest BCUT2D eigenvalue weighted by molar-refractivity contribution is -0.136. The Balaban J connectivity index is 1.95. The Morgan fingerprint density at radius 3 is 2.25 bits per heavy atom. The Hall–Kier alpha value is -1.55. The van der Waals surface area contributed by atoms with Crippen LogP contribution in [0.2, 0.25) is 0 Å². The minimum absolute atomic E-state index is 0.0569. The normalized spacial score (nSPS) is 17.1. The Kier molecular flexibility index (Phi) is 4.33. The summed E-state index contributed by atoms with van der Waals surface area (Å²) in [4.78, 5) is 14.0. The topological polar surface area (TPSA) is 58.4 Å². The van der Waals surface area contributed by atoms with Crippen LogP contribution in [0.1, 0.15) is 38.2 Å². The van der Waals surface area contributed by atoms with Gasteiger partial charge in [0.05, 0.1) is 5.54 Å². The molecule has 2 rings (SSSR count). The van der Waals surface area contributed by atoms with Gasteiger partial charge in [-0.05, 0) is 50.3 Å². The molecule has 1 amide bonds. The highest BCUT2D eigenvalue weighted by Gasteiger charge is 2.31. The average Bonchev–Trinajstić information content (AvgIpc) is 2.46. The zero-order valence-electron chi connectivity index (χ0n) is 12.6. The van der Waals surface area contributed by atoms with Gasteiger partial charge in [0.1, 0.15) is 0 Å². The van der Waals surface area contributed by atoms with E-state index in [4.69, 9.17) is 5.73 Å². The zero-order chi connectivity index (χ0) is 14.8. The van der Waals surface area contributed by atoms with Crippen molar-refractivity contribution in [1.82, 2.24) is 4.90 Å². The van der Waals surface area contributed by atoms with Crippen LogP contribution in [-0.4, -0.2) is 36.5 Å². The summed E-state index contributed by atoms with van der Waals surface area (Å²) < 4.78 is 0. The molecule has 3 N–H and O–H groups in total. The van der Waals surface area contributed by atoms with Gasteiger partial charge in [-0.2, -0.15) is 0 Å². The highest BCUT2D eigenvalue weighted by molar-refractivity contribution is 5.85. The van der Waals surface area contributed by atoms with E-state index in [-0.39, 0.29) is 5.91 Å². The van der Waals surface area contributed by atoms with Crippen molar-refractivity contribution in [2.24, 2.45) is 5.73 Å². The van der Waals surface area contributed by atoms with E-state index in [2.05, 4.69) is 29.6 Å². The average molecular weight is 275 g/mol. The molecule has 0 aliphatic carbocycles. The van der Waals surface area contributed by atoms with Crippen molar-refractivity contribution in [2.45, 2.75) is 38.1 Å². The molecule has 0 unspecified atom stereocenters. The fraction of sp³-hybridized carbons (Fsp3) is 0.562. The first kappa shape index (κ1) is 14.9. The van der Waals surface area contributed by atoms with E-state index in [1.807, 2.05) is 11.9 Å². The minimum atomic E-state index is -0.763. The number of carbonyl (C=O) groups is 1. The number of nitrogens with two attached hydrogens (primary N) is 1. The minimum Gasteiger partial charge on any atom is -0.388 e. The van der Waals surface area contributed by atoms with Crippen LogP contribution < -0.4 is 11.1 Å². The Morgan fingerprint density at radius 1 is 1.25 bits per heavy atom. The number of anilines is 1. The second-order valence-electron chi connectivity index (χ2n) is 6.16. The number of piperidine rings is 1. The number of hydrogen-bond donors (Lipinski definition) is 2. The van der Waals surface area contributed by atoms with E-state index in [0.717, 1.165) is 31.6 Å². The first-order chi connectivity index (χ1) is 9.41. The molecular weight excluding hydrogens is 250 g/mol. The van der Waals surface area contributed by atoms with E-state index >= 15 is 0 Å². The molecule has 1 fully saturated rings. The number of likely N-dealkylation sites (tertiary alicyclic amines) is 1. The van der Waals surface area contributed by atoms with Crippen LogP contribution in [0.4, 0.5) is 5.69 Å². The van der Waals surface area contributed by atoms with Gasteiger partial charge in [0.2, 0.25) is 5.91 Å². The van der Waals surface area contributed by atoms with Crippen LogP contribution >= 0.6 is 0 Å². The van der Waals surface area contributed by atoms with Gasteiger partial charge in [0, 0.05) is 25.8 Å². The third-order valence-corrected chi connectivity index (χ3v) is 4.00. The summed E-state index contributed by atoms with van der Waals surface area (Å²) in [6.07, 6.45) is 2.03. The number of amides is 1. The lowest BCUT2D eigenvalue weighted by Crippen LogP contribution is -2.53. The van der Waals surface area contributed by atoms with Gasteiger partial charge < -0.3 is 16.0 Å². The van der Waals surface area contributed by atoms with Crippen LogP contribution in [0.3, 0.4) is 0 Å². The Bertz CT molecular complexity index is 454. The molecule has 1 heterocycles. The molecule has 4 nitrogen and oxygen atoms in total. The molecule has 110 valence electrons. The van der Waals surface area contributed by atoms with Crippen LogP contribution in [0.5, 0.6) is 0 Å². The highest BCUT2D eigenvalue weighted by Crippen LogP contribution is 2.29. The number of nitrogens with one attached hydrogen (secondary N) is 1. The number of nitrogens with zero attached hydrogens (tertiary/aromatic N) is 1. The summed E-state index contributed by atoms with van der Waals surface area (Å²) in [6.45, 7) is 5.16. The first-order valence-corrected chi connectivity index (χ1v) is 7.28. The maximum absolute atomic E-state index is 12.1. The van der Waals surface area contributed by atoms with Crippen LogP contribution in [-0.2, 0) is 4.79 Å². The molecule has 20 heavy (non-hydrogen) atoms. The fourth-order valence-corrected chi connectivity index (χ4v) is 2.75. The van der Waals surface area contributed by atoms with Crippen LogP contribution in [0, 0.1) is 0 Å². The third kappa shape index (κ3) is 3.31. The molecule has 0 saturated carbocycles. The van der Waals surface area contributed by atoms with E-state index < -0.39 is 5.54 Å². The van der Waals surface area contributed by atoms with Gasteiger partial charge in [-0.25, -0.2) is 0 Å². The predicted molar refractivity (Wildman–Crippen MR) is 82.8 cm³/mol. The van der Waals surface area contributed by atoms with Crippen molar-refractivity contribution in [3.63, 3.8) is 0 Å². The maximum atomic E-state index is 12.1. The Morgan fingerprint density at radius 2 is 1.80 bits per heavy atom. The van der Waals surface area contributed by atoms with Crippen molar-refractivity contribution < 1.29 is 4.79 Å². The molecule has 0 bridgehead atoms. The summed E-state index contributed by atoms with van der Waals surface area (Å²) >= 11 is 0. The smallest absolute Gasteiger partial charge is 0.242 e. The van der Waals surface area contributed by atoms with Crippen molar-refractivity contribution >= 4 is 11.6 Å². The predicted octanol–water partition coefficient (Wildman–Crippen LogP) is 2.17. The molecular formula is C16H25N3O. The number of benzene rings is 1. The van der Waals surface area contributed by atoms with Gasteiger partial charge in [0.15, 0.2) is 0 Å². The lowest BCUT2D eigenvalue weighted by Gasteiger charge is -2.35. The van der Waals surface area contributed by atoms with Crippen molar-refractivity contribution in [1.29, 1.82) is 0 Å². The SMILES string of the molecule is CNc1ccc(C2CCN(C(=O)C(C)(C)N)CC2)cc1. The van der Waals surface area contributed by atoms with Crippen molar-refractivity contribution in [3.8, 4) is 0 Å². The van der Waals surface area contributed by atoms with Crippen LogP contribution in [0.15, 0.2) is 24.3 Å². The largest absolute Gasteiger partial charge is 0.388 e. The first-order valence-electron chi connectivity index (χ1n) is 7.28. The third-order valence-electron chi connectivity index (χ3n) is 4.00. The number of carbonyl (C=O) groups excluding carboxylic acids is 1. The molecule has 1 aliphatic heterocycles. The zero-order valence-corrected chi connectivity index (χ0v) is 12.6. The number of rotatable bonds is 3. The second-order valence-corrected chi connectivity index (χ2v) is 6.16. The summed E-state index contributed by atoms with van der Waals surface area (Å²) in [5.74, 6) is 0.604. The van der Waals surface area contributed by atoms with Gasteiger partial charge in [-0.3, -0.25) is 4.79 Å². The van der Waals surface area contributed by atoms with Crippen LogP contribution in [0.25, 0.3) is 0 Å². The fourth-order valence-electron chi connectivity index (χ4n) is 2.75. The maximum Gasteiger partial charge on any atom is 0.242 e. The molecule has 1 aliphatic rings. The molecule has 0 aromatic heterocycles. The van der Waals surface area contributed by atoms with Gasteiger partial charge >= 0.3 is 0 Å². The number of hydrogen-bond acceptors (Lipinski definition) is 3. The van der Waals surface area contributed by atoms with Crippen molar-refractivity contribution in [2.75, 3.05) is 25.5 Å². The quantitative estimate of drug-likeness (QED) is 0.889. The summed E-state index contributed by atoms with van der Waals surface area (Å²) in [5, 5.41) is 3.13. The monoisotopic (exact) mass is 275 g/mol. The van der Waals surface area contributed by atoms with Gasteiger partial charge in [-0.15, -0.1) is 0 Å². The van der Waals surface area contributed by atoms with E-state index in [9.17, 15) is 4.79 Å². The van der Waals surface area contributed by atoms with Crippen molar-refractivity contribution in [3.05, 3.63) is 29.8 Å². The van der Waals surface area contributed by atoms with E-state index in [0.29, 0.717) is 5.92 Å².